The number of aromatic nitrogens is 1. The molecule has 2 aliphatic rings. The number of carbonyl (C=O) groups excluding carboxylic acids is 1. The Morgan fingerprint density at radius 3 is 2.67 bits per heavy atom. The number of pyridine rings is 1. The van der Waals surface area contributed by atoms with Crippen molar-refractivity contribution in [1.82, 2.24) is 10.3 Å². The molecule has 1 aliphatic carbocycles. The van der Waals surface area contributed by atoms with Gasteiger partial charge < -0.3 is 10.2 Å². The lowest BCUT2D eigenvalue weighted by molar-refractivity contribution is -0.137. The molecule has 160 valence electrons. The smallest absolute Gasteiger partial charge is 0.357 e. The molecule has 4 rings (SSSR count). The molecule has 1 saturated heterocycles. The van der Waals surface area contributed by atoms with E-state index in [1.54, 1.807) is 14.0 Å². The Bertz CT molecular complexity index is 973. The van der Waals surface area contributed by atoms with Gasteiger partial charge in [-0.05, 0) is 56.7 Å². The van der Waals surface area contributed by atoms with E-state index in [0.29, 0.717) is 17.2 Å². The highest BCUT2D eigenvalue weighted by molar-refractivity contribution is 5.90. The summed E-state index contributed by atoms with van der Waals surface area (Å²) < 4.78 is 40.3. The number of para-hydroxylation sites is 1. The van der Waals surface area contributed by atoms with E-state index in [9.17, 15) is 18.0 Å². The van der Waals surface area contributed by atoms with Gasteiger partial charge in [-0.3, -0.25) is 9.78 Å². The van der Waals surface area contributed by atoms with Crippen LogP contribution >= 0.6 is 0 Å². The van der Waals surface area contributed by atoms with Crippen molar-refractivity contribution in [1.29, 1.82) is 0 Å². The van der Waals surface area contributed by atoms with Crippen molar-refractivity contribution in [3.05, 3.63) is 47.2 Å². The molecule has 3 atom stereocenters. The van der Waals surface area contributed by atoms with E-state index in [1.165, 1.54) is 0 Å². The second kappa shape index (κ2) is 7.60. The van der Waals surface area contributed by atoms with Crippen LogP contribution in [-0.2, 0) is 11.0 Å². The molecule has 1 N–H and O–H groups in total. The number of rotatable bonds is 3. The average molecular weight is 417 g/mol. The minimum absolute atomic E-state index is 0.0493. The third-order valence-electron chi connectivity index (χ3n) is 6.44. The summed E-state index contributed by atoms with van der Waals surface area (Å²) >= 11 is 0. The number of halogens is 3. The minimum Gasteiger partial charge on any atom is -0.357 e. The van der Waals surface area contributed by atoms with Gasteiger partial charge in [0, 0.05) is 24.3 Å². The van der Waals surface area contributed by atoms with Crippen molar-refractivity contribution in [2.24, 2.45) is 5.92 Å². The van der Waals surface area contributed by atoms with Gasteiger partial charge in [0.25, 0.3) is 0 Å². The summed E-state index contributed by atoms with van der Waals surface area (Å²) in [6.07, 6.45) is -0.499. The molecule has 1 saturated carbocycles. The summed E-state index contributed by atoms with van der Waals surface area (Å²) in [5.41, 5.74) is 2.30. The lowest BCUT2D eigenvalue weighted by Gasteiger charge is -2.34. The zero-order chi connectivity index (χ0) is 21.6. The van der Waals surface area contributed by atoms with Gasteiger partial charge in [0.15, 0.2) is 0 Å². The van der Waals surface area contributed by atoms with Crippen molar-refractivity contribution in [3.63, 3.8) is 0 Å². The van der Waals surface area contributed by atoms with E-state index in [1.807, 2.05) is 25.1 Å². The number of hydrogen-bond acceptors (Lipinski definition) is 3. The van der Waals surface area contributed by atoms with Crippen LogP contribution in [0.2, 0.25) is 0 Å². The number of benzene rings is 1. The Morgan fingerprint density at radius 2 is 1.97 bits per heavy atom. The van der Waals surface area contributed by atoms with Crippen LogP contribution < -0.4 is 10.2 Å². The topological polar surface area (TPSA) is 45.2 Å². The van der Waals surface area contributed by atoms with Gasteiger partial charge >= 0.3 is 6.18 Å². The highest BCUT2D eigenvalue weighted by Gasteiger charge is 2.47. The summed E-state index contributed by atoms with van der Waals surface area (Å²) in [6.45, 7) is 3.52. The van der Waals surface area contributed by atoms with E-state index >= 15 is 0 Å². The number of alkyl halides is 3. The predicted octanol–water partition coefficient (Wildman–Crippen LogP) is 4.88. The molecule has 1 amide bonds. The second-order valence-corrected chi connectivity index (χ2v) is 8.38. The van der Waals surface area contributed by atoms with Crippen LogP contribution in [0.1, 0.15) is 42.5 Å². The number of nitrogens with one attached hydrogen (secondary N) is 1. The predicted molar refractivity (Wildman–Crippen MR) is 110 cm³/mol. The van der Waals surface area contributed by atoms with E-state index in [2.05, 4.69) is 15.2 Å². The molecule has 7 heteroatoms. The first-order chi connectivity index (χ1) is 14.2. The first kappa shape index (κ1) is 20.7. The molecule has 0 radical (unpaired) electrons. The Kier molecular flexibility index (Phi) is 5.24. The molecule has 2 heterocycles. The number of amides is 1. The van der Waals surface area contributed by atoms with Gasteiger partial charge in [-0.15, -0.1) is 0 Å². The standard InChI is InChI=1S/C23H26F3N3O/c1-13-6-4-8-17(18-12-16(23(24,25)26)10-14(2)28-18)21(13)29-19-9-5-7-15(19)11-20(29)22(30)27-3/h4,6,8,10,12,15,19-20H,5,7,9,11H2,1-3H3,(H,27,30)/t15-,19-,20-/m0/s1. The number of likely N-dealkylation sites (N-methyl/N-ethyl adjacent to an activating group) is 1. The van der Waals surface area contributed by atoms with Gasteiger partial charge in [-0.2, -0.15) is 13.2 Å². The number of carbonyl (C=O) groups is 1. The van der Waals surface area contributed by atoms with Gasteiger partial charge in [0.2, 0.25) is 5.91 Å². The number of nitrogens with zero attached hydrogens (tertiary/aromatic N) is 2. The number of fused-ring (bicyclic) bond motifs is 1. The summed E-state index contributed by atoms with van der Waals surface area (Å²) in [6, 6.07) is 7.67. The van der Waals surface area contributed by atoms with Gasteiger partial charge in [-0.25, -0.2) is 0 Å². The third-order valence-corrected chi connectivity index (χ3v) is 6.44. The highest BCUT2D eigenvalue weighted by Crippen LogP contribution is 2.47. The Balaban J connectivity index is 1.89. The van der Waals surface area contributed by atoms with Crippen molar-refractivity contribution in [3.8, 4) is 11.3 Å². The van der Waals surface area contributed by atoms with Gasteiger partial charge in [0.1, 0.15) is 6.04 Å². The van der Waals surface area contributed by atoms with E-state index in [0.717, 1.165) is 49.1 Å². The number of aryl methyl sites for hydroxylation is 2. The van der Waals surface area contributed by atoms with Crippen molar-refractivity contribution in [2.45, 2.75) is 57.8 Å². The molecule has 1 aliphatic heterocycles. The molecular formula is C23H26F3N3O. The van der Waals surface area contributed by atoms with E-state index in [4.69, 9.17) is 0 Å². The Morgan fingerprint density at radius 1 is 1.20 bits per heavy atom. The molecule has 2 fully saturated rings. The van der Waals surface area contributed by atoms with Crippen LogP contribution in [0.25, 0.3) is 11.3 Å². The summed E-state index contributed by atoms with van der Waals surface area (Å²) in [7, 11) is 1.63. The maximum absolute atomic E-state index is 13.4. The zero-order valence-electron chi connectivity index (χ0n) is 17.4. The molecule has 30 heavy (non-hydrogen) atoms. The molecule has 0 bridgehead atoms. The van der Waals surface area contributed by atoms with Gasteiger partial charge in [-0.1, -0.05) is 24.6 Å². The lowest BCUT2D eigenvalue weighted by Crippen LogP contribution is -2.45. The fraction of sp³-hybridized carbons (Fsp3) is 0.478. The monoisotopic (exact) mass is 417 g/mol. The maximum Gasteiger partial charge on any atom is 0.416 e. The maximum atomic E-state index is 13.4. The van der Waals surface area contributed by atoms with Crippen LogP contribution in [0.4, 0.5) is 18.9 Å². The number of hydrogen-bond donors (Lipinski definition) is 1. The van der Waals surface area contributed by atoms with Crippen LogP contribution in [0.15, 0.2) is 30.3 Å². The highest BCUT2D eigenvalue weighted by atomic mass is 19.4. The first-order valence-electron chi connectivity index (χ1n) is 10.4. The zero-order valence-corrected chi connectivity index (χ0v) is 17.4. The molecular weight excluding hydrogens is 391 g/mol. The largest absolute Gasteiger partial charge is 0.416 e. The fourth-order valence-corrected chi connectivity index (χ4v) is 5.19. The minimum atomic E-state index is -4.44. The van der Waals surface area contributed by atoms with Crippen LogP contribution in [-0.4, -0.2) is 30.0 Å². The lowest BCUT2D eigenvalue weighted by atomic mass is 9.99. The van der Waals surface area contributed by atoms with Crippen molar-refractivity contribution in [2.75, 3.05) is 11.9 Å². The van der Waals surface area contributed by atoms with Crippen molar-refractivity contribution < 1.29 is 18.0 Å². The van der Waals surface area contributed by atoms with Gasteiger partial charge in [0.05, 0.1) is 16.9 Å². The number of anilines is 1. The first-order valence-corrected chi connectivity index (χ1v) is 10.4. The average Bonchev–Trinajstić information content (AvgIpc) is 3.27. The van der Waals surface area contributed by atoms with E-state index in [-0.39, 0.29) is 23.7 Å². The van der Waals surface area contributed by atoms with E-state index < -0.39 is 11.7 Å². The normalized spacial score (nSPS) is 23.5. The van der Waals surface area contributed by atoms with Crippen LogP contribution in [0.3, 0.4) is 0 Å². The summed E-state index contributed by atoms with van der Waals surface area (Å²) in [4.78, 5) is 19.3. The Labute approximate surface area is 174 Å². The Hall–Kier alpha value is -2.57. The molecule has 1 aromatic carbocycles. The summed E-state index contributed by atoms with van der Waals surface area (Å²) in [5, 5.41) is 2.77. The molecule has 1 aromatic heterocycles. The second-order valence-electron chi connectivity index (χ2n) is 8.38. The van der Waals surface area contributed by atoms with Crippen molar-refractivity contribution >= 4 is 11.6 Å². The molecule has 0 unspecified atom stereocenters. The molecule has 2 aromatic rings. The SMILES string of the molecule is CNC(=O)[C@@H]1C[C@@H]2CCC[C@@H]2N1c1c(C)cccc1-c1cc(C(F)(F)F)cc(C)n1. The van der Waals surface area contributed by atoms with Crippen LogP contribution in [0.5, 0.6) is 0 Å². The molecule has 0 spiro atoms. The fourth-order valence-electron chi connectivity index (χ4n) is 5.19. The quantitative estimate of drug-likeness (QED) is 0.774. The third kappa shape index (κ3) is 3.55. The van der Waals surface area contributed by atoms with Crippen LogP contribution in [0, 0.1) is 19.8 Å². The summed E-state index contributed by atoms with van der Waals surface area (Å²) in [5.74, 6) is 0.378. The molecule has 4 nitrogen and oxygen atoms in total.